The molecule has 1 aliphatic rings. The number of nitrogens with zero attached hydrogens (tertiary/aromatic N) is 1. The smallest absolute Gasteiger partial charge is 0.240 e. The monoisotopic (exact) mass is 330 g/mol. The Morgan fingerprint density at radius 1 is 1.32 bits per heavy atom. The van der Waals surface area contributed by atoms with E-state index in [0.717, 1.165) is 19.2 Å². The molecule has 0 amide bonds. The molecule has 2 rings (SSSR count). The maximum Gasteiger partial charge on any atom is 0.240 e. The summed E-state index contributed by atoms with van der Waals surface area (Å²) in [5.41, 5.74) is 0. The van der Waals surface area contributed by atoms with E-state index in [1.54, 1.807) is 0 Å². The largest absolute Gasteiger partial charge is 0.379 e. The van der Waals surface area contributed by atoms with Crippen molar-refractivity contribution in [3.8, 4) is 0 Å². The van der Waals surface area contributed by atoms with Crippen molar-refractivity contribution >= 4 is 10.0 Å². The van der Waals surface area contributed by atoms with Gasteiger partial charge in [-0.25, -0.2) is 17.5 Å². The van der Waals surface area contributed by atoms with Crippen LogP contribution in [-0.4, -0.2) is 52.2 Å². The first-order valence-corrected chi connectivity index (χ1v) is 8.95. The third kappa shape index (κ3) is 4.49. The van der Waals surface area contributed by atoms with Crippen molar-refractivity contribution in [2.45, 2.75) is 24.8 Å². The second kappa shape index (κ2) is 7.50. The van der Waals surface area contributed by atoms with Gasteiger partial charge in [-0.1, -0.05) is 19.9 Å². The summed E-state index contributed by atoms with van der Waals surface area (Å²) in [6.07, 6.45) is 0. The number of nitrogens with one attached hydrogen (secondary N) is 1. The predicted molar refractivity (Wildman–Crippen MR) is 82.6 cm³/mol. The van der Waals surface area contributed by atoms with E-state index in [4.69, 9.17) is 4.74 Å². The molecule has 0 spiro atoms. The summed E-state index contributed by atoms with van der Waals surface area (Å²) >= 11 is 0. The van der Waals surface area contributed by atoms with E-state index in [0.29, 0.717) is 25.7 Å². The molecule has 1 heterocycles. The quantitative estimate of drug-likeness (QED) is 0.858. The third-order valence-electron chi connectivity index (χ3n) is 3.87. The molecule has 0 unspecified atom stereocenters. The summed E-state index contributed by atoms with van der Waals surface area (Å²) in [5.74, 6) is -0.259. The summed E-state index contributed by atoms with van der Waals surface area (Å²) in [5, 5.41) is 0. The van der Waals surface area contributed by atoms with E-state index in [1.807, 2.05) is 0 Å². The first-order chi connectivity index (χ1) is 10.4. The molecule has 1 atom stereocenters. The standard InChI is InChI=1S/C15H23FN2O3S/c1-12(2)15(18-6-8-21-9-7-18)11-17-22(19,20)14-5-3-4-13(16)10-14/h3-5,10,12,15,17H,6-9,11H2,1-2H3/t15-/m1/s1. The van der Waals surface area contributed by atoms with Crippen LogP contribution in [0.1, 0.15) is 13.8 Å². The SMILES string of the molecule is CC(C)[C@@H](CNS(=O)(=O)c1cccc(F)c1)N1CCOCC1. The molecular formula is C15H23FN2O3S. The van der Waals surface area contributed by atoms with Crippen molar-refractivity contribution < 1.29 is 17.5 Å². The highest BCUT2D eigenvalue weighted by Gasteiger charge is 2.26. The molecule has 1 saturated heterocycles. The highest BCUT2D eigenvalue weighted by Crippen LogP contribution is 2.15. The van der Waals surface area contributed by atoms with E-state index >= 15 is 0 Å². The number of benzene rings is 1. The minimum atomic E-state index is -3.70. The van der Waals surface area contributed by atoms with Crippen LogP contribution in [0.15, 0.2) is 29.2 Å². The van der Waals surface area contributed by atoms with Gasteiger partial charge in [-0.2, -0.15) is 0 Å². The number of morpholine rings is 1. The molecule has 7 heteroatoms. The van der Waals surface area contributed by atoms with E-state index in [9.17, 15) is 12.8 Å². The van der Waals surface area contributed by atoms with Gasteiger partial charge in [-0.3, -0.25) is 4.90 Å². The summed E-state index contributed by atoms with van der Waals surface area (Å²) in [6.45, 7) is 7.36. The van der Waals surface area contributed by atoms with Gasteiger partial charge in [-0.05, 0) is 24.1 Å². The first-order valence-electron chi connectivity index (χ1n) is 7.47. The van der Waals surface area contributed by atoms with Crippen LogP contribution in [0.2, 0.25) is 0 Å². The summed E-state index contributed by atoms with van der Waals surface area (Å²) in [6, 6.07) is 5.13. The number of hydrogen-bond donors (Lipinski definition) is 1. The van der Waals surface area contributed by atoms with Gasteiger partial charge in [0.25, 0.3) is 0 Å². The molecule has 0 saturated carbocycles. The third-order valence-corrected chi connectivity index (χ3v) is 5.29. The van der Waals surface area contributed by atoms with Crippen molar-refractivity contribution in [1.82, 2.24) is 9.62 Å². The Kier molecular flexibility index (Phi) is 5.91. The van der Waals surface area contributed by atoms with Gasteiger partial charge in [0, 0.05) is 25.7 Å². The molecular weight excluding hydrogens is 307 g/mol. The normalized spacial score (nSPS) is 18.5. The van der Waals surface area contributed by atoms with Crippen molar-refractivity contribution in [1.29, 1.82) is 0 Å². The number of sulfonamides is 1. The predicted octanol–water partition coefficient (Wildman–Crippen LogP) is 1.46. The molecule has 1 aromatic carbocycles. The highest BCUT2D eigenvalue weighted by atomic mass is 32.2. The zero-order chi connectivity index (χ0) is 16.2. The first kappa shape index (κ1) is 17.3. The number of rotatable bonds is 6. The van der Waals surface area contributed by atoms with Crippen LogP contribution in [-0.2, 0) is 14.8 Å². The summed E-state index contributed by atoms with van der Waals surface area (Å²) in [4.78, 5) is 2.19. The Labute approximate surface area is 131 Å². The molecule has 124 valence electrons. The van der Waals surface area contributed by atoms with Crippen LogP contribution in [0.25, 0.3) is 0 Å². The average molecular weight is 330 g/mol. The Balaban J connectivity index is 2.05. The van der Waals surface area contributed by atoms with E-state index < -0.39 is 15.8 Å². The molecule has 0 aromatic heterocycles. The number of hydrogen-bond acceptors (Lipinski definition) is 4. The average Bonchev–Trinajstić information content (AvgIpc) is 2.48. The summed E-state index contributed by atoms with van der Waals surface area (Å²) in [7, 11) is -3.70. The summed E-state index contributed by atoms with van der Waals surface area (Å²) < 4.78 is 45.7. The highest BCUT2D eigenvalue weighted by molar-refractivity contribution is 7.89. The minimum absolute atomic E-state index is 0.0445. The molecule has 1 fully saturated rings. The van der Waals surface area contributed by atoms with Crippen LogP contribution in [0.3, 0.4) is 0 Å². The zero-order valence-electron chi connectivity index (χ0n) is 13.0. The lowest BCUT2D eigenvalue weighted by molar-refractivity contribution is 0.00776. The van der Waals surface area contributed by atoms with Crippen LogP contribution < -0.4 is 4.72 Å². The fourth-order valence-corrected chi connectivity index (χ4v) is 3.69. The molecule has 1 N–H and O–H groups in total. The van der Waals surface area contributed by atoms with E-state index in [-0.39, 0.29) is 10.9 Å². The molecule has 5 nitrogen and oxygen atoms in total. The fraction of sp³-hybridized carbons (Fsp3) is 0.600. The van der Waals surface area contributed by atoms with E-state index in [1.165, 1.54) is 18.2 Å². The van der Waals surface area contributed by atoms with E-state index in [2.05, 4.69) is 23.5 Å². The lowest BCUT2D eigenvalue weighted by Gasteiger charge is -2.36. The zero-order valence-corrected chi connectivity index (χ0v) is 13.8. The van der Waals surface area contributed by atoms with Crippen molar-refractivity contribution in [3.05, 3.63) is 30.1 Å². The van der Waals surface area contributed by atoms with Crippen LogP contribution >= 0.6 is 0 Å². The maximum atomic E-state index is 13.2. The van der Waals surface area contributed by atoms with Crippen molar-refractivity contribution in [2.75, 3.05) is 32.8 Å². The van der Waals surface area contributed by atoms with Gasteiger partial charge >= 0.3 is 0 Å². The van der Waals surface area contributed by atoms with Crippen LogP contribution in [0, 0.1) is 11.7 Å². The lowest BCUT2D eigenvalue weighted by Crippen LogP contribution is -2.51. The fourth-order valence-electron chi connectivity index (χ4n) is 2.61. The van der Waals surface area contributed by atoms with Gasteiger partial charge in [0.15, 0.2) is 0 Å². The van der Waals surface area contributed by atoms with Crippen LogP contribution in [0.5, 0.6) is 0 Å². The molecule has 1 aliphatic heterocycles. The lowest BCUT2D eigenvalue weighted by atomic mass is 10.0. The topological polar surface area (TPSA) is 58.6 Å². The van der Waals surface area contributed by atoms with Gasteiger partial charge < -0.3 is 4.74 Å². The Hall–Kier alpha value is -1.02. The molecule has 0 bridgehead atoms. The van der Waals surface area contributed by atoms with Crippen molar-refractivity contribution in [2.24, 2.45) is 5.92 Å². The minimum Gasteiger partial charge on any atom is -0.379 e. The Bertz CT molecular complexity index is 586. The van der Waals surface area contributed by atoms with Gasteiger partial charge in [0.05, 0.1) is 18.1 Å². The van der Waals surface area contributed by atoms with Gasteiger partial charge in [0.1, 0.15) is 5.82 Å². The molecule has 1 aromatic rings. The second-order valence-electron chi connectivity index (χ2n) is 5.77. The molecule has 22 heavy (non-hydrogen) atoms. The number of ether oxygens (including phenoxy) is 1. The second-order valence-corrected chi connectivity index (χ2v) is 7.54. The number of halogens is 1. The van der Waals surface area contributed by atoms with Crippen molar-refractivity contribution in [3.63, 3.8) is 0 Å². The van der Waals surface area contributed by atoms with Crippen LogP contribution in [0.4, 0.5) is 4.39 Å². The molecule has 0 aliphatic carbocycles. The Morgan fingerprint density at radius 3 is 2.59 bits per heavy atom. The molecule has 0 radical (unpaired) electrons. The van der Waals surface area contributed by atoms with Gasteiger partial charge in [-0.15, -0.1) is 0 Å². The maximum absolute atomic E-state index is 13.2. The van der Waals surface area contributed by atoms with Gasteiger partial charge in [0.2, 0.25) is 10.0 Å². The Morgan fingerprint density at radius 2 is 2.00 bits per heavy atom.